The average molecular weight is 414 g/mol. The molecule has 0 aliphatic carbocycles. The smallest absolute Gasteiger partial charge is 0.257 e. The average Bonchev–Trinajstić information content (AvgIpc) is 3.24. The molecule has 4 rings (SSSR count). The van der Waals surface area contributed by atoms with Crippen LogP contribution in [0.5, 0.6) is 0 Å². The molecule has 0 radical (unpaired) electrons. The van der Waals surface area contributed by atoms with Crippen molar-refractivity contribution in [2.45, 2.75) is 19.4 Å². The molecule has 3 aromatic rings. The zero-order chi connectivity index (χ0) is 19.9. The van der Waals surface area contributed by atoms with Crippen molar-refractivity contribution in [1.82, 2.24) is 4.98 Å². The summed E-state index contributed by atoms with van der Waals surface area (Å²) in [4.78, 5) is 17.1. The Morgan fingerprint density at radius 2 is 1.96 bits per heavy atom. The second kappa shape index (κ2) is 7.03. The number of fused-ring (bicyclic) bond motifs is 1. The summed E-state index contributed by atoms with van der Waals surface area (Å²) in [5.41, 5.74) is 3.79. The van der Waals surface area contributed by atoms with E-state index in [1.807, 2.05) is 42.6 Å². The first kappa shape index (κ1) is 18.6. The molecule has 2 heterocycles. The van der Waals surface area contributed by atoms with E-state index in [1.165, 1.54) is 21.9 Å². The number of benzene rings is 2. The van der Waals surface area contributed by atoms with Crippen molar-refractivity contribution >= 4 is 38.1 Å². The molecule has 0 bridgehead atoms. The van der Waals surface area contributed by atoms with Gasteiger partial charge in [0.2, 0.25) is 10.0 Å². The highest BCUT2D eigenvalue weighted by Gasteiger charge is 2.32. The van der Waals surface area contributed by atoms with Crippen LogP contribution in [-0.4, -0.2) is 31.6 Å². The topological polar surface area (TPSA) is 79.4 Å². The van der Waals surface area contributed by atoms with Gasteiger partial charge in [-0.25, -0.2) is 13.4 Å². The highest BCUT2D eigenvalue weighted by Crippen LogP contribution is 2.35. The van der Waals surface area contributed by atoms with Gasteiger partial charge in [0.15, 0.2) is 5.13 Å². The number of rotatable bonds is 4. The zero-order valence-corrected chi connectivity index (χ0v) is 17.0. The summed E-state index contributed by atoms with van der Waals surface area (Å²) in [6, 6.07) is 14.7. The molecule has 6 nitrogen and oxygen atoms in total. The first-order valence-electron chi connectivity index (χ1n) is 8.77. The summed E-state index contributed by atoms with van der Waals surface area (Å²) in [6.45, 7) is 1.86. The van der Waals surface area contributed by atoms with Crippen LogP contribution in [0.15, 0.2) is 53.9 Å². The first-order valence-corrected chi connectivity index (χ1v) is 11.5. The fraction of sp³-hybridized carbons (Fsp3) is 0.200. The summed E-state index contributed by atoms with van der Waals surface area (Å²) in [6.07, 6.45) is 1.78. The summed E-state index contributed by atoms with van der Waals surface area (Å²) >= 11 is 1.37. The molecule has 1 unspecified atom stereocenters. The minimum Gasteiger partial charge on any atom is -0.298 e. The van der Waals surface area contributed by atoms with Gasteiger partial charge in [-0.1, -0.05) is 30.3 Å². The Bertz CT molecular complexity index is 1140. The highest BCUT2D eigenvalue weighted by atomic mass is 32.2. The lowest BCUT2D eigenvalue weighted by molar-refractivity contribution is 0.102. The summed E-state index contributed by atoms with van der Waals surface area (Å²) in [5.74, 6) is -0.262. The van der Waals surface area contributed by atoms with Crippen molar-refractivity contribution in [1.29, 1.82) is 0 Å². The number of nitrogens with zero attached hydrogens (tertiary/aromatic N) is 2. The van der Waals surface area contributed by atoms with Gasteiger partial charge >= 0.3 is 0 Å². The molecule has 0 saturated heterocycles. The molecule has 0 spiro atoms. The van der Waals surface area contributed by atoms with Gasteiger partial charge in [0.05, 0.1) is 17.6 Å². The maximum Gasteiger partial charge on any atom is 0.257 e. The first-order chi connectivity index (χ1) is 13.3. The quantitative estimate of drug-likeness (QED) is 0.706. The molecule has 1 aliphatic heterocycles. The molecule has 0 fully saturated rings. The number of hydrogen-bond acceptors (Lipinski definition) is 5. The lowest BCUT2D eigenvalue weighted by atomic mass is 10.1. The number of carbonyl (C=O) groups excluding carboxylic acids is 1. The van der Waals surface area contributed by atoms with Crippen LogP contribution in [0.25, 0.3) is 11.3 Å². The monoisotopic (exact) mass is 413 g/mol. The third-order valence-electron chi connectivity index (χ3n) is 4.65. The van der Waals surface area contributed by atoms with Crippen LogP contribution in [0.2, 0.25) is 0 Å². The lowest BCUT2D eigenvalue weighted by Crippen LogP contribution is -2.34. The van der Waals surface area contributed by atoms with E-state index < -0.39 is 10.0 Å². The number of nitrogens with one attached hydrogen (secondary N) is 1. The fourth-order valence-electron chi connectivity index (χ4n) is 3.49. The Balaban J connectivity index is 1.54. The van der Waals surface area contributed by atoms with E-state index in [0.29, 0.717) is 22.8 Å². The van der Waals surface area contributed by atoms with Gasteiger partial charge < -0.3 is 0 Å². The molecule has 1 N–H and O–H groups in total. The minimum atomic E-state index is -3.35. The number of anilines is 2. The predicted molar refractivity (Wildman–Crippen MR) is 112 cm³/mol. The molecule has 144 valence electrons. The normalized spacial score (nSPS) is 16.1. The van der Waals surface area contributed by atoms with E-state index in [9.17, 15) is 13.2 Å². The van der Waals surface area contributed by atoms with Crippen molar-refractivity contribution < 1.29 is 13.2 Å². The van der Waals surface area contributed by atoms with Crippen LogP contribution < -0.4 is 9.62 Å². The maximum atomic E-state index is 12.6. The molecular weight excluding hydrogens is 394 g/mol. The number of carbonyl (C=O) groups is 1. The number of aromatic nitrogens is 1. The fourth-order valence-corrected chi connectivity index (χ4v) is 5.47. The summed E-state index contributed by atoms with van der Waals surface area (Å²) in [5, 5.41) is 5.25. The van der Waals surface area contributed by atoms with Crippen LogP contribution in [0, 0.1) is 0 Å². The number of hydrogen-bond donors (Lipinski definition) is 1. The van der Waals surface area contributed by atoms with Crippen LogP contribution in [-0.2, 0) is 16.4 Å². The van der Waals surface area contributed by atoms with Crippen molar-refractivity contribution in [3.05, 3.63) is 65.0 Å². The molecule has 1 atom stereocenters. The van der Waals surface area contributed by atoms with Crippen molar-refractivity contribution in [3.8, 4) is 11.3 Å². The number of thiazole rings is 1. The third kappa shape index (κ3) is 3.53. The van der Waals surface area contributed by atoms with Gasteiger partial charge in [0.1, 0.15) is 0 Å². The van der Waals surface area contributed by atoms with Crippen molar-refractivity contribution in [2.75, 3.05) is 15.9 Å². The predicted octanol–water partition coefficient (Wildman–Crippen LogP) is 3.77. The highest BCUT2D eigenvalue weighted by molar-refractivity contribution is 7.92. The molecule has 28 heavy (non-hydrogen) atoms. The van der Waals surface area contributed by atoms with Gasteiger partial charge in [-0.3, -0.25) is 14.4 Å². The van der Waals surface area contributed by atoms with Crippen molar-refractivity contribution in [3.63, 3.8) is 0 Å². The molecule has 1 amide bonds. The number of sulfonamides is 1. The van der Waals surface area contributed by atoms with E-state index in [-0.39, 0.29) is 11.9 Å². The Kier molecular flexibility index (Phi) is 4.68. The Morgan fingerprint density at radius 3 is 2.68 bits per heavy atom. The largest absolute Gasteiger partial charge is 0.298 e. The van der Waals surface area contributed by atoms with Gasteiger partial charge in [-0.15, -0.1) is 11.3 Å². The minimum absolute atomic E-state index is 0.157. The van der Waals surface area contributed by atoms with Gasteiger partial charge in [-0.2, -0.15) is 0 Å². The SMILES string of the molecule is CC1Cc2cc(C(=O)Nc3nc(-c4ccccc4)cs3)ccc2N1S(C)(=O)=O. The second-order valence-electron chi connectivity index (χ2n) is 6.81. The molecule has 2 aromatic carbocycles. The zero-order valence-electron chi connectivity index (χ0n) is 15.4. The second-order valence-corrected chi connectivity index (χ2v) is 9.53. The van der Waals surface area contributed by atoms with Gasteiger partial charge in [0.25, 0.3) is 5.91 Å². The molecule has 0 saturated carbocycles. The molecule has 1 aromatic heterocycles. The van der Waals surface area contributed by atoms with Crippen LogP contribution >= 0.6 is 11.3 Å². The third-order valence-corrected chi connectivity index (χ3v) is 6.68. The van der Waals surface area contributed by atoms with E-state index >= 15 is 0 Å². The van der Waals surface area contributed by atoms with Gasteiger partial charge in [0, 0.05) is 22.5 Å². The van der Waals surface area contributed by atoms with Gasteiger partial charge in [-0.05, 0) is 37.1 Å². The Hall–Kier alpha value is -2.71. The molecule has 8 heteroatoms. The lowest BCUT2D eigenvalue weighted by Gasteiger charge is -2.21. The van der Waals surface area contributed by atoms with E-state index in [4.69, 9.17) is 0 Å². The van der Waals surface area contributed by atoms with E-state index in [0.717, 1.165) is 16.8 Å². The van der Waals surface area contributed by atoms with Crippen LogP contribution in [0.3, 0.4) is 0 Å². The standard InChI is InChI=1S/C20H19N3O3S2/c1-13-10-16-11-15(8-9-18(16)23(13)28(2,25)26)19(24)22-20-21-17(12-27-20)14-6-4-3-5-7-14/h3-9,11-13H,10H2,1-2H3,(H,21,22,24). The van der Waals surface area contributed by atoms with Crippen LogP contribution in [0.4, 0.5) is 10.8 Å². The Labute approximate surface area is 167 Å². The maximum absolute atomic E-state index is 12.6. The summed E-state index contributed by atoms with van der Waals surface area (Å²) in [7, 11) is -3.35. The summed E-state index contributed by atoms with van der Waals surface area (Å²) < 4.78 is 25.5. The van der Waals surface area contributed by atoms with Crippen LogP contribution in [0.1, 0.15) is 22.8 Å². The Morgan fingerprint density at radius 1 is 1.21 bits per heavy atom. The number of amides is 1. The molecule has 1 aliphatic rings. The van der Waals surface area contributed by atoms with E-state index in [1.54, 1.807) is 18.2 Å². The molecular formula is C20H19N3O3S2. The van der Waals surface area contributed by atoms with Crippen molar-refractivity contribution in [2.24, 2.45) is 0 Å². The van der Waals surface area contributed by atoms with E-state index in [2.05, 4.69) is 10.3 Å².